The quantitative estimate of drug-likeness (QED) is 0.781. The third-order valence-corrected chi connectivity index (χ3v) is 5.66. The Balaban J connectivity index is 1.46. The number of rotatable bonds is 6. The summed E-state index contributed by atoms with van der Waals surface area (Å²) in [7, 11) is 2.04. The molecule has 2 aromatic rings. The summed E-state index contributed by atoms with van der Waals surface area (Å²) in [6.07, 6.45) is 3.35. The number of carbonyl (C=O) groups excluding carboxylic acids is 1. The smallest absolute Gasteiger partial charge is 0.236 e. The van der Waals surface area contributed by atoms with Crippen LogP contribution in [-0.4, -0.2) is 42.4 Å². The minimum Gasteiger partial charge on any atom is -0.342 e. The van der Waals surface area contributed by atoms with Gasteiger partial charge < -0.3 is 4.90 Å². The van der Waals surface area contributed by atoms with Crippen molar-refractivity contribution in [1.29, 1.82) is 0 Å². The number of amides is 1. The highest BCUT2D eigenvalue weighted by Gasteiger charge is 2.24. The Kier molecular flexibility index (Phi) is 6.45. The zero-order chi connectivity index (χ0) is 18.4. The lowest BCUT2D eigenvalue weighted by molar-refractivity contribution is -0.134. The summed E-state index contributed by atoms with van der Waals surface area (Å²) in [6, 6.07) is 21.3. The minimum atomic E-state index is 0.246. The Hall–Kier alpha value is -2.13. The average Bonchev–Trinajstić information content (AvgIpc) is 2.69. The van der Waals surface area contributed by atoms with Gasteiger partial charge in [-0.25, -0.2) is 0 Å². The number of hydrogen-bond acceptors (Lipinski definition) is 2. The highest BCUT2D eigenvalue weighted by Crippen LogP contribution is 2.23. The van der Waals surface area contributed by atoms with E-state index < -0.39 is 0 Å². The van der Waals surface area contributed by atoms with Gasteiger partial charge in [0, 0.05) is 19.1 Å². The van der Waals surface area contributed by atoms with Crippen molar-refractivity contribution in [2.24, 2.45) is 5.92 Å². The maximum Gasteiger partial charge on any atom is 0.236 e. The largest absolute Gasteiger partial charge is 0.342 e. The van der Waals surface area contributed by atoms with Crippen molar-refractivity contribution < 1.29 is 4.79 Å². The van der Waals surface area contributed by atoms with Gasteiger partial charge in [-0.3, -0.25) is 9.69 Å². The van der Waals surface area contributed by atoms with Gasteiger partial charge in [0.05, 0.1) is 6.54 Å². The maximum atomic E-state index is 12.7. The first kappa shape index (κ1) is 18.7. The Morgan fingerprint density at radius 3 is 2.23 bits per heavy atom. The fourth-order valence-electron chi connectivity index (χ4n) is 3.77. The van der Waals surface area contributed by atoms with E-state index in [0.29, 0.717) is 12.5 Å². The number of benzene rings is 2. The number of likely N-dealkylation sites (tertiary alicyclic amines) is 1. The molecule has 0 spiro atoms. The van der Waals surface area contributed by atoms with Gasteiger partial charge in [-0.15, -0.1) is 0 Å². The van der Waals surface area contributed by atoms with E-state index in [9.17, 15) is 4.79 Å². The van der Waals surface area contributed by atoms with Crippen molar-refractivity contribution in [3.8, 4) is 0 Å². The molecule has 0 radical (unpaired) electrons. The predicted octanol–water partition coefficient (Wildman–Crippen LogP) is 4.16. The van der Waals surface area contributed by atoms with Crippen LogP contribution in [0.15, 0.2) is 60.7 Å². The lowest BCUT2D eigenvalue weighted by Crippen LogP contribution is -2.44. The van der Waals surface area contributed by atoms with Gasteiger partial charge in [0.1, 0.15) is 0 Å². The summed E-state index contributed by atoms with van der Waals surface area (Å²) in [4.78, 5) is 16.9. The normalized spacial score (nSPS) is 16.7. The Bertz CT molecular complexity index is 678. The van der Waals surface area contributed by atoms with Crippen molar-refractivity contribution in [2.75, 3.05) is 26.7 Å². The van der Waals surface area contributed by atoms with Crippen LogP contribution in [0.1, 0.15) is 36.9 Å². The van der Waals surface area contributed by atoms with E-state index >= 15 is 0 Å². The Morgan fingerprint density at radius 2 is 1.62 bits per heavy atom. The number of hydrogen-bond donors (Lipinski definition) is 0. The zero-order valence-corrected chi connectivity index (χ0v) is 16.0. The first-order valence-corrected chi connectivity index (χ1v) is 9.70. The molecule has 2 aromatic carbocycles. The highest BCUT2D eigenvalue weighted by atomic mass is 16.2. The van der Waals surface area contributed by atoms with Gasteiger partial charge in [-0.2, -0.15) is 0 Å². The van der Waals surface area contributed by atoms with Crippen LogP contribution in [0.4, 0.5) is 0 Å². The van der Waals surface area contributed by atoms with E-state index in [4.69, 9.17) is 0 Å². The number of carbonyl (C=O) groups is 1. The molecule has 1 atom stereocenters. The summed E-state index contributed by atoms with van der Waals surface area (Å²) in [5.74, 6) is 0.955. The molecular formula is C23H30N2O. The molecule has 1 aliphatic heterocycles. The SMILES string of the molecule is C[C@@H](c1ccccc1)N(C)CC(=O)N1CCC(Cc2ccccc2)CC1. The standard InChI is InChI=1S/C23H30N2O/c1-19(22-11-7-4-8-12-22)24(2)18-23(26)25-15-13-21(14-16-25)17-20-9-5-3-6-10-20/h3-12,19,21H,13-18H2,1-2H3/t19-/m0/s1. The monoisotopic (exact) mass is 350 g/mol. The second kappa shape index (κ2) is 9.00. The molecule has 0 aromatic heterocycles. The average molecular weight is 351 g/mol. The van der Waals surface area contributed by atoms with E-state index in [1.807, 2.05) is 13.1 Å². The molecule has 0 bridgehead atoms. The molecule has 0 N–H and O–H groups in total. The van der Waals surface area contributed by atoms with Gasteiger partial charge in [-0.05, 0) is 50.3 Å². The van der Waals surface area contributed by atoms with E-state index in [2.05, 4.69) is 71.3 Å². The zero-order valence-electron chi connectivity index (χ0n) is 16.0. The fraction of sp³-hybridized carbons (Fsp3) is 0.435. The summed E-state index contributed by atoms with van der Waals surface area (Å²) in [5.41, 5.74) is 2.66. The van der Waals surface area contributed by atoms with Crippen molar-refractivity contribution in [2.45, 2.75) is 32.2 Å². The van der Waals surface area contributed by atoms with Gasteiger partial charge >= 0.3 is 0 Å². The van der Waals surface area contributed by atoms with Crippen molar-refractivity contribution in [1.82, 2.24) is 9.80 Å². The van der Waals surface area contributed by atoms with Crippen LogP contribution in [-0.2, 0) is 11.2 Å². The van der Waals surface area contributed by atoms with Crippen molar-refractivity contribution in [3.05, 3.63) is 71.8 Å². The topological polar surface area (TPSA) is 23.6 Å². The first-order chi connectivity index (χ1) is 12.6. The highest BCUT2D eigenvalue weighted by molar-refractivity contribution is 5.78. The van der Waals surface area contributed by atoms with Crippen LogP contribution in [0.5, 0.6) is 0 Å². The van der Waals surface area contributed by atoms with Crippen LogP contribution in [0.25, 0.3) is 0 Å². The van der Waals surface area contributed by atoms with Gasteiger partial charge in [0.15, 0.2) is 0 Å². The number of piperidine rings is 1. The van der Waals surface area contributed by atoms with E-state index in [0.717, 1.165) is 32.4 Å². The first-order valence-electron chi connectivity index (χ1n) is 9.70. The van der Waals surface area contributed by atoms with Crippen molar-refractivity contribution >= 4 is 5.91 Å². The maximum absolute atomic E-state index is 12.7. The van der Waals surface area contributed by atoms with E-state index in [1.54, 1.807) is 0 Å². The molecule has 1 aliphatic rings. The molecule has 0 aliphatic carbocycles. The third kappa shape index (κ3) is 4.95. The second-order valence-electron chi connectivity index (χ2n) is 7.52. The molecule has 138 valence electrons. The van der Waals surface area contributed by atoms with Crippen LogP contribution < -0.4 is 0 Å². The van der Waals surface area contributed by atoms with Gasteiger partial charge in [0.25, 0.3) is 0 Å². The third-order valence-electron chi connectivity index (χ3n) is 5.66. The molecule has 0 unspecified atom stereocenters. The molecule has 3 heteroatoms. The number of likely N-dealkylation sites (N-methyl/N-ethyl adjacent to an activating group) is 1. The van der Waals surface area contributed by atoms with E-state index in [-0.39, 0.29) is 11.9 Å². The van der Waals surface area contributed by atoms with Gasteiger partial charge in [0.2, 0.25) is 5.91 Å². The molecule has 26 heavy (non-hydrogen) atoms. The Morgan fingerprint density at radius 1 is 1.04 bits per heavy atom. The summed E-state index contributed by atoms with van der Waals surface area (Å²) in [6.45, 7) is 4.43. The van der Waals surface area contributed by atoms with Crippen molar-refractivity contribution in [3.63, 3.8) is 0 Å². The van der Waals surface area contributed by atoms with Crippen LogP contribution >= 0.6 is 0 Å². The lowest BCUT2D eigenvalue weighted by Gasteiger charge is -2.34. The molecule has 1 amide bonds. The molecule has 0 saturated carbocycles. The molecular weight excluding hydrogens is 320 g/mol. The predicted molar refractivity (Wildman–Crippen MR) is 107 cm³/mol. The van der Waals surface area contributed by atoms with Crippen LogP contribution in [0.3, 0.4) is 0 Å². The van der Waals surface area contributed by atoms with Crippen LogP contribution in [0, 0.1) is 5.92 Å². The van der Waals surface area contributed by atoms with Crippen LogP contribution in [0.2, 0.25) is 0 Å². The van der Waals surface area contributed by atoms with E-state index in [1.165, 1.54) is 11.1 Å². The second-order valence-corrected chi connectivity index (χ2v) is 7.52. The molecule has 3 rings (SSSR count). The molecule has 1 heterocycles. The molecule has 1 fully saturated rings. The minimum absolute atomic E-state index is 0.246. The summed E-state index contributed by atoms with van der Waals surface area (Å²) in [5, 5.41) is 0. The Labute approximate surface area is 157 Å². The number of nitrogens with zero attached hydrogens (tertiary/aromatic N) is 2. The summed E-state index contributed by atoms with van der Waals surface area (Å²) < 4.78 is 0. The molecule has 3 nitrogen and oxygen atoms in total. The fourth-order valence-corrected chi connectivity index (χ4v) is 3.77. The molecule has 1 saturated heterocycles. The lowest BCUT2D eigenvalue weighted by atomic mass is 9.90. The summed E-state index contributed by atoms with van der Waals surface area (Å²) >= 11 is 0. The van der Waals surface area contributed by atoms with Gasteiger partial charge in [-0.1, -0.05) is 60.7 Å².